The van der Waals surface area contributed by atoms with Gasteiger partial charge in [0.1, 0.15) is 5.75 Å². The number of rotatable bonds is 5. The zero-order valence-corrected chi connectivity index (χ0v) is 13.9. The molecular formula is C19H20F2N2O2. The fourth-order valence-corrected chi connectivity index (χ4v) is 3.09. The number of carbonyl (C=O) groups excluding carboxylic acids is 1. The van der Waals surface area contributed by atoms with Crippen molar-refractivity contribution >= 4 is 17.3 Å². The first-order valence-corrected chi connectivity index (χ1v) is 8.23. The highest BCUT2D eigenvalue weighted by Gasteiger charge is 2.27. The zero-order valence-electron chi connectivity index (χ0n) is 13.9. The van der Waals surface area contributed by atoms with Crippen molar-refractivity contribution in [2.24, 2.45) is 0 Å². The summed E-state index contributed by atoms with van der Waals surface area (Å²) < 4.78 is 28.6. The second kappa shape index (κ2) is 7.51. The summed E-state index contributed by atoms with van der Waals surface area (Å²) in [5.41, 5.74) is 2.82. The molecule has 25 heavy (non-hydrogen) atoms. The Balaban J connectivity index is 1.64. The van der Waals surface area contributed by atoms with Gasteiger partial charge in [0.05, 0.1) is 6.54 Å². The number of nitrogens with zero attached hydrogens (tertiary/aromatic N) is 1. The Hall–Kier alpha value is -2.63. The lowest BCUT2D eigenvalue weighted by Gasteiger charge is -2.35. The Kier molecular flexibility index (Phi) is 5.16. The number of para-hydroxylation sites is 1. The molecule has 0 bridgehead atoms. The number of benzene rings is 2. The van der Waals surface area contributed by atoms with Gasteiger partial charge in [-0.05, 0) is 55.7 Å². The molecule has 1 heterocycles. The minimum atomic E-state index is -2.85. The zero-order chi connectivity index (χ0) is 17.8. The largest absolute Gasteiger partial charge is 0.435 e. The molecule has 0 unspecified atom stereocenters. The minimum absolute atomic E-state index is 0.0208. The van der Waals surface area contributed by atoms with Crippen molar-refractivity contribution in [3.05, 3.63) is 54.1 Å². The number of anilines is 2. The molecule has 1 amide bonds. The molecule has 2 aromatic rings. The molecule has 0 aliphatic carbocycles. The first-order valence-electron chi connectivity index (χ1n) is 8.23. The quantitative estimate of drug-likeness (QED) is 0.887. The third kappa shape index (κ3) is 4.07. The van der Waals surface area contributed by atoms with E-state index < -0.39 is 6.61 Å². The lowest BCUT2D eigenvalue weighted by atomic mass is 9.96. The monoisotopic (exact) mass is 346 g/mol. The average Bonchev–Trinajstić information content (AvgIpc) is 2.60. The third-order valence-corrected chi connectivity index (χ3v) is 4.32. The maximum Gasteiger partial charge on any atom is 0.387 e. The van der Waals surface area contributed by atoms with E-state index in [1.54, 1.807) is 12.1 Å². The first kappa shape index (κ1) is 17.2. The van der Waals surface area contributed by atoms with Crippen LogP contribution >= 0.6 is 0 Å². The molecule has 1 N–H and O–H groups in total. The Morgan fingerprint density at radius 2 is 1.96 bits per heavy atom. The van der Waals surface area contributed by atoms with E-state index in [1.165, 1.54) is 17.7 Å². The van der Waals surface area contributed by atoms with Crippen LogP contribution in [0.15, 0.2) is 48.5 Å². The van der Waals surface area contributed by atoms with Crippen molar-refractivity contribution in [1.29, 1.82) is 0 Å². The van der Waals surface area contributed by atoms with Crippen LogP contribution in [0.2, 0.25) is 0 Å². The Morgan fingerprint density at radius 3 is 2.68 bits per heavy atom. The van der Waals surface area contributed by atoms with Crippen LogP contribution < -0.4 is 15.0 Å². The van der Waals surface area contributed by atoms with Crippen molar-refractivity contribution in [1.82, 2.24) is 0 Å². The van der Waals surface area contributed by atoms with Gasteiger partial charge in [-0.25, -0.2) is 0 Å². The van der Waals surface area contributed by atoms with Gasteiger partial charge in [0.2, 0.25) is 5.91 Å². The molecule has 4 nitrogen and oxygen atoms in total. The Morgan fingerprint density at radius 1 is 1.24 bits per heavy atom. The summed E-state index contributed by atoms with van der Waals surface area (Å²) in [5, 5.41) is 3.04. The third-order valence-electron chi connectivity index (χ3n) is 4.32. The summed E-state index contributed by atoms with van der Waals surface area (Å²) in [6.07, 6.45) is 1.91. The van der Waals surface area contributed by atoms with Crippen LogP contribution in [0.1, 0.15) is 18.9 Å². The number of fused-ring (bicyclic) bond motifs is 1. The molecule has 0 fully saturated rings. The normalized spacial score (nSPS) is 16.5. The molecule has 1 aliphatic heterocycles. The summed E-state index contributed by atoms with van der Waals surface area (Å²) in [6.45, 7) is -0.668. The molecule has 1 atom stereocenters. The smallest absolute Gasteiger partial charge is 0.387 e. The molecule has 1 aliphatic rings. The molecule has 6 heteroatoms. The number of alkyl halides is 2. The van der Waals surface area contributed by atoms with Gasteiger partial charge >= 0.3 is 6.61 Å². The van der Waals surface area contributed by atoms with Crippen molar-refractivity contribution < 1.29 is 18.3 Å². The number of hydrogen-bond acceptors (Lipinski definition) is 3. The van der Waals surface area contributed by atoms with E-state index in [0.29, 0.717) is 5.69 Å². The highest BCUT2D eigenvalue weighted by Crippen LogP contribution is 2.30. The molecular weight excluding hydrogens is 326 g/mol. The van der Waals surface area contributed by atoms with Crippen molar-refractivity contribution in [3.63, 3.8) is 0 Å². The number of aryl methyl sites for hydroxylation is 1. The fraction of sp³-hybridized carbons (Fsp3) is 0.316. The van der Waals surface area contributed by atoms with Crippen LogP contribution in [0.4, 0.5) is 20.2 Å². The summed E-state index contributed by atoms with van der Waals surface area (Å²) in [6, 6.07) is 14.2. The summed E-state index contributed by atoms with van der Waals surface area (Å²) in [5.74, 6) is 0.0676. The number of ether oxygens (including phenoxy) is 1. The van der Waals surface area contributed by atoms with Gasteiger partial charge < -0.3 is 15.0 Å². The maximum atomic E-state index is 12.7. The van der Waals surface area contributed by atoms with E-state index in [2.05, 4.69) is 16.1 Å². The van der Waals surface area contributed by atoms with E-state index >= 15 is 0 Å². The summed E-state index contributed by atoms with van der Waals surface area (Å²) in [4.78, 5) is 14.5. The molecule has 0 saturated heterocycles. The van der Waals surface area contributed by atoms with Crippen LogP contribution in [0.25, 0.3) is 0 Å². The number of hydrogen-bond donors (Lipinski definition) is 1. The lowest BCUT2D eigenvalue weighted by molar-refractivity contribution is -0.117. The van der Waals surface area contributed by atoms with Crippen molar-refractivity contribution in [2.75, 3.05) is 16.8 Å². The molecule has 0 radical (unpaired) electrons. The number of amides is 1. The molecule has 2 aromatic carbocycles. The SMILES string of the molecule is C[C@H]1CCc2ccccc2N1C(=O)CNc1ccc(OC(F)F)cc1. The van der Waals surface area contributed by atoms with Gasteiger partial charge in [-0.15, -0.1) is 0 Å². The van der Waals surface area contributed by atoms with E-state index in [-0.39, 0.29) is 24.2 Å². The summed E-state index contributed by atoms with van der Waals surface area (Å²) in [7, 11) is 0. The number of carbonyl (C=O) groups is 1. The van der Waals surface area contributed by atoms with Crippen LogP contribution in [-0.4, -0.2) is 25.1 Å². The highest BCUT2D eigenvalue weighted by molar-refractivity contribution is 5.97. The Labute approximate surface area is 145 Å². The van der Waals surface area contributed by atoms with Gasteiger partial charge in [-0.1, -0.05) is 18.2 Å². The average molecular weight is 346 g/mol. The molecule has 0 aromatic heterocycles. The number of halogens is 2. The standard InChI is InChI=1S/C19H20F2N2O2/c1-13-6-7-14-4-2-3-5-17(14)23(13)18(24)12-22-15-8-10-16(11-9-15)25-19(20)21/h2-5,8-11,13,19,22H,6-7,12H2,1H3/t13-/m0/s1. The van der Waals surface area contributed by atoms with Crippen LogP contribution in [0.5, 0.6) is 5.75 Å². The minimum Gasteiger partial charge on any atom is -0.435 e. The Bertz CT molecular complexity index is 734. The van der Waals surface area contributed by atoms with E-state index in [0.717, 1.165) is 18.5 Å². The van der Waals surface area contributed by atoms with Gasteiger partial charge in [0.25, 0.3) is 0 Å². The maximum absolute atomic E-state index is 12.7. The number of nitrogens with one attached hydrogen (secondary N) is 1. The van der Waals surface area contributed by atoms with E-state index in [9.17, 15) is 13.6 Å². The fourth-order valence-electron chi connectivity index (χ4n) is 3.09. The highest BCUT2D eigenvalue weighted by atomic mass is 19.3. The van der Waals surface area contributed by atoms with Crippen molar-refractivity contribution in [2.45, 2.75) is 32.4 Å². The molecule has 0 saturated carbocycles. The van der Waals surface area contributed by atoms with Crippen LogP contribution in [-0.2, 0) is 11.2 Å². The predicted molar refractivity (Wildman–Crippen MR) is 93.3 cm³/mol. The lowest BCUT2D eigenvalue weighted by Crippen LogP contribution is -2.44. The molecule has 3 rings (SSSR count). The second-order valence-electron chi connectivity index (χ2n) is 6.04. The molecule has 132 valence electrons. The van der Waals surface area contributed by atoms with E-state index in [1.807, 2.05) is 30.0 Å². The van der Waals surface area contributed by atoms with Gasteiger partial charge in [-0.3, -0.25) is 4.79 Å². The van der Waals surface area contributed by atoms with Gasteiger partial charge in [-0.2, -0.15) is 8.78 Å². The summed E-state index contributed by atoms with van der Waals surface area (Å²) >= 11 is 0. The predicted octanol–water partition coefficient (Wildman–Crippen LogP) is 4.07. The van der Waals surface area contributed by atoms with Crippen LogP contribution in [0.3, 0.4) is 0 Å². The molecule has 0 spiro atoms. The van der Waals surface area contributed by atoms with E-state index in [4.69, 9.17) is 0 Å². The second-order valence-corrected chi connectivity index (χ2v) is 6.04. The first-order chi connectivity index (χ1) is 12.0. The topological polar surface area (TPSA) is 41.6 Å². The van der Waals surface area contributed by atoms with Crippen molar-refractivity contribution in [3.8, 4) is 5.75 Å². The van der Waals surface area contributed by atoms with Crippen LogP contribution in [0, 0.1) is 0 Å². The van der Waals surface area contributed by atoms with Gasteiger partial charge in [0, 0.05) is 17.4 Å². The van der Waals surface area contributed by atoms with Gasteiger partial charge in [0.15, 0.2) is 0 Å².